The van der Waals surface area contributed by atoms with Crippen LogP contribution in [0.15, 0.2) is 36.8 Å². The molecule has 0 saturated carbocycles. The summed E-state index contributed by atoms with van der Waals surface area (Å²) in [5, 5.41) is 2.06. The number of rotatable bonds is 7. The SMILES string of the molecule is CCOC(=O)c1c(N(c2ccncc2)c2ncc3cc(CC)sc3n2)sc(CC)c1Cl. The number of fused-ring (bicyclic) bond motifs is 1. The van der Waals surface area contributed by atoms with Crippen molar-refractivity contribution in [1.82, 2.24) is 15.0 Å². The van der Waals surface area contributed by atoms with Gasteiger partial charge in [0.2, 0.25) is 5.95 Å². The van der Waals surface area contributed by atoms with Crippen molar-refractivity contribution >= 4 is 67.1 Å². The highest BCUT2D eigenvalue weighted by Gasteiger charge is 2.29. The number of hydrogen-bond donors (Lipinski definition) is 0. The lowest BCUT2D eigenvalue weighted by molar-refractivity contribution is 0.0528. The molecule has 0 N–H and O–H groups in total. The van der Waals surface area contributed by atoms with Crippen LogP contribution in [0, 0.1) is 0 Å². The molecule has 9 heteroatoms. The largest absolute Gasteiger partial charge is 0.462 e. The zero-order chi connectivity index (χ0) is 22.0. The molecule has 0 unspecified atom stereocenters. The smallest absolute Gasteiger partial charge is 0.342 e. The topological polar surface area (TPSA) is 68.2 Å². The van der Waals surface area contributed by atoms with E-state index >= 15 is 0 Å². The summed E-state index contributed by atoms with van der Waals surface area (Å²) >= 11 is 9.72. The number of carbonyl (C=O) groups excluding carboxylic acids is 1. The third-order valence-corrected chi connectivity index (χ3v) is 7.72. The highest BCUT2D eigenvalue weighted by atomic mass is 35.5. The van der Waals surface area contributed by atoms with Crippen LogP contribution in [0.5, 0.6) is 0 Å². The van der Waals surface area contributed by atoms with Gasteiger partial charge in [-0.1, -0.05) is 25.4 Å². The predicted octanol–water partition coefficient (Wildman–Crippen LogP) is 6.57. The number of nitrogens with zero attached hydrogens (tertiary/aromatic N) is 4. The van der Waals surface area contributed by atoms with Gasteiger partial charge in [-0.3, -0.25) is 9.88 Å². The number of esters is 1. The Balaban J connectivity index is 1.94. The summed E-state index contributed by atoms with van der Waals surface area (Å²) in [4.78, 5) is 31.4. The summed E-state index contributed by atoms with van der Waals surface area (Å²) in [6.45, 7) is 6.17. The second-order valence-electron chi connectivity index (χ2n) is 6.63. The quantitative estimate of drug-likeness (QED) is 0.283. The molecule has 0 saturated heterocycles. The Kier molecular flexibility index (Phi) is 6.50. The lowest BCUT2D eigenvalue weighted by Gasteiger charge is -2.22. The second-order valence-corrected chi connectivity index (χ2v) is 9.21. The Hall–Kier alpha value is -2.55. The molecule has 0 amide bonds. The van der Waals surface area contributed by atoms with Crippen LogP contribution in [0.25, 0.3) is 10.2 Å². The van der Waals surface area contributed by atoms with Gasteiger partial charge >= 0.3 is 5.97 Å². The van der Waals surface area contributed by atoms with E-state index in [1.165, 1.54) is 16.2 Å². The van der Waals surface area contributed by atoms with E-state index in [1.54, 1.807) is 30.7 Å². The fourth-order valence-corrected chi connectivity index (χ4v) is 5.73. The first-order chi connectivity index (χ1) is 15.1. The molecule has 0 bridgehead atoms. The van der Waals surface area contributed by atoms with Crippen LogP contribution in [0.1, 0.15) is 40.9 Å². The Morgan fingerprint density at radius 2 is 1.94 bits per heavy atom. The average Bonchev–Trinajstić information content (AvgIpc) is 3.35. The average molecular weight is 473 g/mol. The first kappa shape index (κ1) is 21.7. The van der Waals surface area contributed by atoms with Gasteiger partial charge in [-0.15, -0.1) is 22.7 Å². The molecule has 0 radical (unpaired) electrons. The van der Waals surface area contributed by atoms with Gasteiger partial charge in [0.05, 0.1) is 17.3 Å². The summed E-state index contributed by atoms with van der Waals surface area (Å²) in [5.74, 6) is 0.0114. The van der Waals surface area contributed by atoms with Crippen LogP contribution in [0.4, 0.5) is 16.6 Å². The molecule has 0 aliphatic rings. The number of aryl methyl sites for hydroxylation is 2. The van der Waals surface area contributed by atoms with E-state index in [4.69, 9.17) is 21.3 Å². The number of thiophene rings is 2. The van der Waals surface area contributed by atoms with Crippen molar-refractivity contribution in [2.75, 3.05) is 11.5 Å². The van der Waals surface area contributed by atoms with Crippen LogP contribution in [0.2, 0.25) is 5.02 Å². The summed E-state index contributed by atoms with van der Waals surface area (Å²) in [6, 6.07) is 5.82. The first-order valence-electron chi connectivity index (χ1n) is 10.0. The normalized spacial score (nSPS) is 11.1. The van der Waals surface area contributed by atoms with Gasteiger partial charge in [0.25, 0.3) is 0 Å². The lowest BCUT2D eigenvalue weighted by Crippen LogP contribution is -2.16. The third kappa shape index (κ3) is 4.15. The second kappa shape index (κ2) is 9.30. The number of hydrogen-bond acceptors (Lipinski definition) is 8. The monoisotopic (exact) mass is 472 g/mol. The Bertz CT molecular complexity index is 1220. The predicted molar refractivity (Wildman–Crippen MR) is 127 cm³/mol. The minimum Gasteiger partial charge on any atom is -0.462 e. The molecule has 0 aliphatic carbocycles. The van der Waals surface area contributed by atoms with Gasteiger partial charge < -0.3 is 4.74 Å². The highest BCUT2D eigenvalue weighted by molar-refractivity contribution is 7.18. The molecule has 6 nitrogen and oxygen atoms in total. The van der Waals surface area contributed by atoms with Crippen LogP contribution < -0.4 is 4.90 Å². The summed E-state index contributed by atoms with van der Waals surface area (Å²) in [6.07, 6.45) is 6.85. The van der Waals surface area contributed by atoms with Gasteiger partial charge in [-0.25, -0.2) is 14.8 Å². The number of aromatic nitrogens is 3. The van der Waals surface area contributed by atoms with Gasteiger partial charge in [-0.2, -0.15) is 0 Å². The van der Waals surface area contributed by atoms with Crippen molar-refractivity contribution in [3.63, 3.8) is 0 Å². The van der Waals surface area contributed by atoms with Crippen molar-refractivity contribution in [2.24, 2.45) is 0 Å². The minimum absolute atomic E-state index is 0.263. The summed E-state index contributed by atoms with van der Waals surface area (Å²) < 4.78 is 5.32. The number of anilines is 3. The van der Waals surface area contributed by atoms with E-state index in [2.05, 4.69) is 23.0 Å². The standard InChI is InChI=1S/C22H21ClN4O2S2/c1-4-15-11-13-12-25-22(26-19(13)30-15)27(14-7-9-24-10-8-14)20-17(21(28)29-6-3)18(23)16(5-2)31-20/h7-12H,4-6H2,1-3H3. The molecule has 0 aromatic carbocycles. The fourth-order valence-electron chi connectivity index (χ4n) is 3.18. The van der Waals surface area contributed by atoms with Crippen molar-refractivity contribution in [1.29, 1.82) is 0 Å². The van der Waals surface area contributed by atoms with Gasteiger partial charge in [-0.05, 0) is 38.0 Å². The fraction of sp³-hybridized carbons (Fsp3) is 0.273. The lowest BCUT2D eigenvalue weighted by atomic mass is 10.2. The van der Waals surface area contributed by atoms with Gasteiger partial charge in [0.15, 0.2) is 0 Å². The van der Waals surface area contributed by atoms with Crippen LogP contribution in [-0.2, 0) is 17.6 Å². The number of ether oxygens (including phenoxy) is 1. The zero-order valence-electron chi connectivity index (χ0n) is 17.4. The Morgan fingerprint density at radius 1 is 1.16 bits per heavy atom. The summed E-state index contributed by atoms with van der Waals surface area (Å²) in [5.41, 5.74) is 1.12. The van der Waals surface area contributed by atoms with Gasteiger partial charge in [0.1, 0.15) is 15.4 Å². The molecule has 4 aromatic heterocycles. The van der Waals surface area contributed by atoms with Crippen molar-refractivity contribution in [3.05, 3.63) is 57.1 Å². The van der Waals surface area contributed by atoms with E-state index in [0.29, 0.717) is 28.0 Å². The molecule has 0 atom stereocenters. The van der Waals surface area contributed by atoms with E-state index in [0.717, 1.165) is 27.2 Å². The maximum atomic E-state index is 12.9. The highest BCUT2D eigenvalue weighted by Crippen LogP contribution is 2.45. The van der Waals surface area contributed by atoms with Crippen LogP contribution in [0.3, 0.4) is 0 Å². The molecule has 0 fully saturated rings. The van der Waals surface area contributed by atoms with Gasteiger partial charge in [0, 0.05) is 33.7 Å². The van der Waals surface area contributed by atoms with Crippen molar-refractivity contribution in [3.8, 4) is 0 Å². The molecular formula is C22H21ClN4O2S2. The molecule has 4 aromatic rings. The molecule has 160 valence electrons. The molecule has 4 rings (SSSR count). The Labute approximate surface area is 193 Å². The maximum absolute atomic E-state index is 12.9. The Morgan fingerprint density at radius 3 is 2.61 bits per heavy atom. The summed E-state index contributed by atoms with van der Waals surface area (Å²) in [7, 11) is 0. The van der Waals surface area contributed by atoms with E-state index in [-0.39, 0.29) is 6.61 Å². The maximum Gasteiger partial charge on any atom is 0.342 e. The van der Waals surface area contributed by atoms with Crippen LogP contribution in [-0.4, -0.2) is 27.5 Å². The number of carbonyl (C=O) groups is 1. The first-order valence-corrected chi connectivity index (χ1v) is 12.0. The van der Waals surface area contributed by atoms with E-state index < -0.39 is 5.97 Å². The molecular weight excluding hydrogens is 452 g/mol. The van der Waals surface area contributed by atoms with E-state index in [9.17, 15) is 4.79 Å². The molecule has 4 heterocycles. The van der Waals surface area contributed by atoms with E-state index in [1.807, 2.05) is 30.2 Å². The third-order valence-electron chi connectivity index (χ3n) is 4.68. The van der Waals surface area contributed by atoms with Crippen LogP contribution >= 0.6 is 34.3 Å². The number of halogens is 1. The zero-order valence-corrected chi connectivity index (χ0v) is 19.8. The molecule has 0 aliphatic heterocycles. The molecule has 31 heavy (non-hydrogen) atoms. The van der Waals surface area contributed by atoms with Crippen molar-refractivity contribution < 1.29 is 9.53 Å². The number of pyridine rings is 1. The minimum atomic E-state index is -0.456. The molecule has 0 spiro atoms. The van der Waals surface area contributed by atoms with Crippen molar-refractivity contribution in [2.45, 2.75) is 33.6 Å².